The number of rotatable bonds is 8. The summed E-state index contributed by atoms with van der Waals surface area (Å²) in [7, 11) is 3.27. The minimum Gasteiger partial charge on any atom is -0.493 e. The summed E-state index contributed by atoms with van der Waals surface area (Å²) in [5, 5.41) is 0. The first-order chi connectivity index (χ1) is 17.1. The van der Waals surface area contributed by atoms with Gasteiger partial charge in [-0.15, -0.1) is 0 Å². The lowest BCUT2D eigenvalue weighted by Crippen LogP contribution is -2.36. The second-order valence-corrected chi connectivity index (χ2v) is 9.75. The molecule has 4 rings (SSSR count). The Morgan fingerprint density at radius 3 is 2.63 bits per heavy atom. The first-order valence-corrected chi connectivity index (χ1v) is 13.8. The summed E-state index contributed by atoms with van der Waals surface area (Å²) in [5.41, 5.74) is 2.94. The van der Waals surface area contributed by atoms with E-state index >= 15 is 0 Å². The van der Waals surface area contributed by atoms with Crippen LogP contribution in [0.15, 0.2) is 30.3 Å². The van der Waals surface area contributed by atoms with Crippen molar-refractivity contribution in [2.45, 2.75) is 32.7 Å². The quantitative estimate of drug-likeness (QED) is 0.244. The van der Waals surface area contributed by atoms with Crippen molar-refractivity contribution < 1.29 is 23.7 Å². The van der Waals surface area contributed by atoms with Crippen LogP contribution in [-0.2, 0) is 11.3 Å². The minimum absolute atomic E-state index is 0.126. The third-order valence-electron chi connectivity index (χ3n) is 6.72. The molecule has 0 aromatic heterocycles. The summed E-state index contributed by atoms with van der Waals surface area (Å²) in [6.45, 7) is 6.29. The number of benzene rings is 2. The predicted molar refractivity (Wildman–Crippen MR) is 145 cm³/mol. The van der Waals surface area contributed by atoms with E-state index in [1.165, 1.54) is 12.8 Å². The lowest BCUT2D eigenvalue weighted by atomic mass is 9.99. The number of halogens is 1. The van der Waals surface area contributed by atoms with Gasteiger partial charge in [-0.1, -0.05) is 35.6 Å². The van der Waals surface area contributed by atoms with E-state index in [1.54, 1.807) is 14.2 Å². The maximum atomic E-state index is 12.5. The van der Waals surface area contributed by atoms with E-state index in [1.807, 2.05) is 30.0 Å². The number of piperidine rings is 1. The molecule has 1 atom stereocenters. The van der Waals surface area contributed by atoms with Gasteiger partial charge >= 0.3 is 0 Å². The minimum atomic E-state index is 0.126. The zero-order chi connectivity index (χ0) is 24.8. The Bertz CT molecular complexity index is 1030. The van der Waals surface area contributed by atoms with Crippen molar-refractivity contribution in [3.8, 4) is 34.1 Å². The number of carbonyl (C=O) groups is 1. The standard InChI is InChI=1S/C27H35IN2O5/c1-4-26(31)30-10-11-34-27-22(16-30)12-21(20-7-8-23(32-2)24(13-20)33-3)14-25(27)35-17-19-6-5-9-29(15-19)18-28/h7-8,12-14,19H,4-6,9-11,15-18H2,1-3H3. The monoisotopic (exact) mass is 594 g/mol. The van der Waals surface area contributed by atoms with Gasteiger partial charge in [-0.2, -0.15) is 0 Å². The Balaban J connectivity index is 1.68. The molecule has 1 unspecified atom stereocenters. The second-order valence-electron chi connectivity index (χ2n) is 9.07. The van der Waals surface area contributed by atoms with Crippen LogP contribution in [0.1, 0.15) is 31.7 Å². The number of carbonyl (C=O) groups excluding carboxylic acids is 1. The normalized spacial score (nSPS) is 18.3. The third-order valence-corrected chi connectivity index (χ3v) is 7.68. The van der Waals surface area contributed by atoms with Crippen LogP contribution in [0.25, 0.3) is 11.1 Å². The first kappa shape index (κ1) is 25.9. The molecule has 1 saturated heterocycles. The Morgan fingerprint density at radius 1 is 1.09 bits per heavy atom. The molecule has 2 aliphatic heterocycles. The van der Waals surface area contributed by atoms with E-state index in [0.29, 0.717) is 50.1 Å². The summed E-state index contributed by atoms with van der Waals surface area (Å²) >= 11 is 2.43. The second kappa shape index (κ2) is 12.2. The van der Waals surface area contributed by atoms with Crippen molar-refractivity contribution in [2.24, 2.45) is 5.92 Å². The Morgan fingerprint density at radius 2 is 1.89 bits per heavy atom. The SMILES string of the molecule is CCC(=O)N1CCOc2c(cc(-c3ccc(OC)c(OC)c3)cc2OCC2CCCN(CI)C2)C1. The molecule has 190 valence electrons. The maximum Gasteiger partial charge on any atom is 0.222 e. The van der Waals surface area contributed by atoms with E-state index < -0.39 is 0 Å². The lowest BCUT2D eigenvalue weighted by molar-refractivity contribution is -0.131. The molecule has 0 N–H and O–H groups in total. The number of hydrogen-bond acceptors (Lipinski definition) is 6. The van der Waals surface area contributed by atoms with Gasteiger partial charge in [0, 0.05) is 31.0 Å². The number of methoxy groups -OCH3 is 2. The maximum absolute atomic E-state index is 12.5. The van der Waals surface area contributed by atoms with E-state index in [9.17, 15) is 4.79 Å². The number of nitrogens with zero attached hydrogens (tertiary/aromatic N) is 2. The van der Waals surface area contributed by atoms with Crippen LogP contribution in [0.3, 0.4) is 0 Å². The van der Waals surface area contributed by atoms with Gasteiger partial charge in [-0.25, -0.2) is 0 Å². The fourth-order valence-electron chi connectivity index (χ4n) is 4.81. The van der Waals surface area contributed by atoms with Crippen LogP contribution in [0.2, 0.25) is 0 Å². The van der Waals surface area contributed by atoms with Crippen LogP contribution in [-0.4, -0.2) is 67.3 Å². The molecule has 8 heteroatoms. The van der Waals surface area contributed by atoms with Crippen LogP contribution >= 0.6 is 22.6 Å². The van der Waals surface area contributed by atoms with Crippen molar-refractivity contribution in [1.29, 1.82) is 0 Å². The number of likely N-dealkylation sites (tertiary alicyclic amines) is 1. The van der Waals surface area contributed by atoms with Gasteiger partial charge in [0.15, 0.2) is 23.0 Å². The van der Waals surface area contributed by atoms with E-state index in [-0.39, 0.29) is 5.91 Å². The van der Waals surface area contributed by atoms with Gasteiger partial charge < -0.3 is 23.8 Å². The molecule has 2 aliphatic rings. The summed E-state index contributed by atoms with van der Waals surface area (Å²) in [5.74, 6) is 3.46. The van der Waals surface area contributed by atoms with Gasteiger partial charge in [-0.05, 0) is 54.8 Å². The van der Waals surface area contributed by atoms with Crippen molar-refractivity contribution in [3.05, 3.63) is 35.9 Å². The summed E-state index contributed by atoms with van der Waals surface area (Å²) in [6, 6.07) is 10.0. The lowest BCUT2D eigenvalue weighted by Gasteiger charge is -2.31. The van der Waals surface area contributed by atoms with Crippen molar-refractivity contribution in [1.82, 2.24) is 9.80 Å². The molecule has 0 saturated carbocycles. The average Bonchev–Trinajstić information content (AvgIpc) is 3.13. The zero-order valence-electron chi connectivity index (χ0n) is 20.8. The molecule has 7 nitrogen and oxygen atoms in total. The van der Waals surface area contributed by atoms with Crippen LogP contribution in [0, 0.1) is 5.92 Å². The average molecular weight is 594 g/mol. The molecule has 0 aliphatic carbocycles. The van der Waals surface area contributed by atoms with Gasteiger partial charge in [0.1, 0.15) is 6.61 Å². The Kier molecular flexibility index (Phi) is 8.99. The summed E-state index contributed by atoms with van der Waals surface area (Å²) in [6.07, 6.45) is 2.85. The number of ether oxygens (including phenoxy) is 4. The molecular weight excluding hydrogens is 559 g/mol. The highest BCUT2D eigenvalue weighted by molar-refractivity contribution is 14.1. The molecule has 35 heavy (non-hydrogen) atoms. The Labute approximate surface area is 221 Å². The topological polar surface area (TPSA) is 60.5 Å². The van der Waals surface area contributed by atoms with E-state index in [0.717, 1.165) is 45.8 Å². The highest BCUT2D eigenvalue weighted by Gasteiger charge is 2.25. The van der Waals surface area contributed by atoms with Crippen LogP contribution < -0.4 is 18.9 Å². The van der Waals surface area contributed by atoms with Crippen molar-refractivity contribution in [2.75, 3.05) is 51.6 Å². The van der Waals surface area contributed by atoms with Crippen LogP contribution in [0.5, 0.6) is 23.0 Å². The third kappa shape index (κ3) is 6.14. The van der Waals surface area contributed by atoms with Gasteiger partial charge in [-0.3, -0.25) is 9.69 Å². The fraction of sp³-hybridized carbons (Fsp3) is 0.519. The molecule has 1 amide bonds. The molecule has 2 aromatic rings. The molecule has 0 radical (unpaired) electrons. The summed E-state index contributed by atoms with van der Waals surface area (Å²) < 4.78 is 24.6. The molecule has 2 aromatic carbocycles. The van der Waals surface area contributed by atoms with Gasteiger partial charge in [0.25, 0.3) is 0 Å². The highest BCUT2D eigenvalue weighted by atomic mass is 127. The van der Waals surface area contributed by atoms with Crippen molar-refractivity contribution >= 4 is 28.5 Å². The van der Waals surface area contributed by atoms with E-state index in [2.05, 4.69) is 39.6 Å². The molecule has 1 fully saturated rings. The zero-order valence-corrected chi connectivity index (χ0v) is 23.0. The fourth-order valence-corrected chi connectivity index (χ4v) is 5.43. The smallest absolute Gasteiger partial charge is 0.222 e. The highest BCUT2D eigenvalue weighted by Crippen LogP contribution is 2.41. The van der Waals surface area contributed by atoms with Crippen LogP contribution in [0.4, 0.5) is 0 Å². The molecular formula is C27H35IN2O5. The summed E-state index contributed by atoms with van der Waals surface area (Å²) in [4.78, 5) is 16.9. The largest absolute Gasteiger partial charge is 0.493 e. The van der Waals surface area contributed by atoms with Gasteiger partial charge in [0.05, 0.1) is 31.9 Å². The first-order valence-electron chi connectivity index (χ1n) is 12.3. The van der Waals surface area contributed by atoms with E-state index in [4.69, 9.17) is 18.9 Å². The Hall–Kier alpha value is -2.20. The molecule has 0 bridgehead atoms. The number of hydrogen-bond donors (Lipinski definition) is 0. The number of fused-ring (bicyclic) bond motifs is 1. The predicted octanol–water partition coefficient (Wildman–Crippen LogP) is 4.99. The van der Waals surface area contributed by atoms with Crippen molar-refractivity contribution in [3.63, 3.8) is 0 Å². The number of amides is 1. The molecule has 2 heterocycles. The number of alkyl halides is 1. The van der Waals surface area contributed by atoms with Gasteiger partial charge in [0.2, 0.25) is 5.91 Å². The molecule has 0 spiro atoms.